The number of carbonyl (C=O) groups is 3. The van der Waals surface area contributed by atoms with Gasteiger partial charge in [0.1, 0.15) is 42.6 Å². The third kappa shape index (κ3) is 11.0. The Morgan fingerprint density at radius 3 is 2.34 bits per heavy atom. The summed E-state index contributed by atoms with van der Waals surface area (Å²) in [5, 5.41) is 5.31. The molecule has 0 saturated carbocycles. The van der Waals surface area contributed by atoms with E-state index in [1.165, 1.54) is 20.4 Å². The van der Waals surface area contributed by atoms with E-state index in [1.807, 2.05) is 30.3 Å². The maximum Gasteiger partial charge on any atom is 0.408 e. The zero-order valence-electron chi connectivity index (χ0n) is 28.5. The van der Waals surface area contributed by atoms with Crippen LogP contribution in [0, 0.1) is 0 Å². The Bertz CT molecular complexity index is 1790. The third-order valence-electron chi connectivity index (χ3n) is 7.11. The number of ether oxygens (including phenoxy) is 4. The molecule has 16 nitrogen and oxygen atoms in total. The Morgan fingerprint density at radius 2 is 1.66 bits per heavy atom. The SMILES string of the molecule is COC(=O)[C@H](Cc1ccc(OP(=O)(CO[C@H](C)Cn2cnc3c(N)ncnc32)N[C@@H](C)C(=O)OC(C)C)cc1)NC(=O)OCc1ccccc1. The molecule has 2 heterocycles. The summed E-state index contributed by atoms with van der Waals surface area (Å²) in [4.78, 5) is 50.0. The minimum Gasteiger partial charge on any atom is -0.467 e. The van der Waals surface area contributed by atoms with Crippen molar-refractivity contribution in [2.75, 3.05) is 19.2 Å². The van der Waals surface area contributed by atoms with Crippen LogP contribution in [0.5, 0.6) is 5.75 Å². The first-order valence-corrected chi connectivity index (χ1v) is 17.6. The van der Waals surface area contributed by atoms with E-state index < -0.39 is 50.1 Å². The Morgan fingerprint density at radius 1 is 0.940 bits per heavy atom. The number of methoxy groups -OCH3 is 1. The number of alkyl carbamates (subject to hydrolysis) is 1. The van der Waals surface area contributed by atoms with Gasteiger partial charge in [-0.2, -0.15) is 0 Å². The van der Waals surface area contributed by atoms with Crippen molar-refractivity contribution in [2.45, 2.75) is 71.6 Å². The number of imidazole rings is 1. The van der Waals surface area contributed by atoms with E-state index in [0.29, 0.717) is 23.3 Å². The van der Waals surface area contributed by atoms with Gasteiger partial charge >= 0.3 is 25.6 Å². The number of rotatable bonds is 17. The van der Waals surface area contributed by atoms with Crippen molar-refractivity contribution in [3.63, 3.8) is 0 Å². The number of hydrogen-bond donors (Lipinski definition) is 3. The molecule has 0 aliphatic rings. The number of hydrogen-bond acceptors (Lipinski definition) is 13. The number of esters is 2. The summed E-state index contributed by atoms with van der Waals surface area (Å²) < 4.78 is 43.2. The van der Waals surface area contributed by atoms with Crippen LogP contribution in [0.25, 0.3) is 11.2 Å². The number of amides is 1. The summed E-state index contributed by atoms with van der Waals surface area (Å²) in [6.07, 6.45) is 0.902. The number of nitrogens with one attached hydrogen (secondary N) is 2. The molecule has 2 aromatic heterocycles. The van der Waals surface area contributed by atoms with Crippen molar-refractivity contribution in [3.05, 3.63) is 78.4 Å². The molecule has 0 aliphatic carbocycles. The fourth-order valence-electron chi connectivity index (χ4n) is 4.69. The zero-order chi connectivity index (χ0) is 36.3. The number of nitrogens with two attached hydrogens (primary N) is 1. The average Bonchev–Trinajstić information content (AvgIpc) is 3.50. The summed E-state index contributed by atoms with van der Waals surface area (Å²) >= 11 is 0. The van der Waals surface area contributed by atoms with Crippen molar-refractivity contribution in [3.8, 4) is 5.75 Å². The van der Waals surface area contributed by atoms with Gasteiger partial charge in [-0.1, -0.05) is 42.5 Å². The van der Waals surface area contributed by atoms with Gasteiger partial charge in [-0.3, -0.25) is 9.36 Å². The second-order valence-corrected chi connectivity index (χ2v) is 13.7. The van der Waals surface area contributed by atoms with Crippen LogP contribution in [-0.4, -0.2) is 75.3 Å². The second-order valence-electron chi connectivity index (χ2n) is 11.7. The van der Waals surface area contributed by atoms with Gasteiger partial charge in [-0.25, -0.2) is 29.6 Å². The summed E-state index contributed by atoms with van der Waals surface area (Å²) in [6.45, 7) is 7.02. The molecular formula is C33H42N7O9P. The molecular weight excluding hydrogens is 669 g/mol. The molecule has 0 fully saturated rings. The van der Waals surface area contributed by atoms with E-state index in [0.717, 1.165) is 5.56 Å². The second kappa shape index (κ2) is 17.6. The zero-order valence-corrected chi connectivity index (χ0v) is 29.4. The van der Waals surface area contributed by atoms with Crippen LogP contribution in [0.4, 0.5) is 10.6 Å². The minimum absolute atomic E-state index is 0.0293. The first kappa shape index (κ1) is 37.8. The van der Waals surface area contributed by atoms with Gasteiger partial charge in [0.25, 0.3) is 0 Å². The standard InChI is InChI=1S/C33H42N7O9P/c1-21(2)48-31(41)23(4)39-50(44,20-47-22(3)16-40-19-37-28-29(34)35-18-36-30(28)40)49-26-13-11-24(12-14-26)15-27(32(42)45-5)38-33(43)46-17-25-9-7-6-8-10-25/h6-14,18-19,21-23,27H,15-17,20H2,1-5H3,(H,38,43)(H,39,44)(H2,34,35,36)/t22-,23+,27+,50?/m1/s1. The fraction of sp³-hybridized carbons (Fsp3) is 0.394. The summed E-state index contributed by atoms with van der Waals surface area (Å²) in [6, 6.07) is 13.5. The predicted octanol–water partition coefficient (Wildman–Crippen LogP) is 3.98. The number of nitrogens with zero attached hydrogens (tertiary/aromatic N) is 4. The summed E-state index contributed by atoms with van der Waals surface area (Å²) in [5.41, 5.74) is 8.29. The van der Waals surface area contributed by atoms with E-state index in [4.69, 9.17) is 29.2 Å². The van der Waals surface area contributed by atoms with Crippen LogP contribution < -0.4 is 20.7 Å². The Kier molecular flexibility index (Phi) is 13.3. The molecule has 17 heteroatoms. The first-order chi connectivity index (χ1) is 23.9. The maximum absolute atomic E-state index is 14.2. The number of carbonyl (C=O) groups excluding carboxylic acids is 3. The molecule has 0 radical (unpaired) electrons. The Balaban J connectivity index is 1.42. The highest BCUT2D eigenvalue weighted by Gasteiger charge is 2.32. The molecule has 1 unspecified atom stereocenters. The lowest BCUT2D eigenvalue weighted by Gasteiger charge is -2.25. The van der Waals surface area contributed by atoms with Crippen LogP contribution in [0.2, 0.25) is 0 Å². The van der Waals surface area contributed by atoms with Crippen LogP contribution in [0.1, 0.15) is 38.8 Å². The summed E-state index contributed by atoms with van der Waals surface area (Å²) in [7, 11) is -2.68. The van der Waals surface area contributed by atoms with Crippen LogP contribution >= 0.6 is 7.52 Å². The van der Waals surface area contributed by atoms with E-state index in [2.05, 4.69) is 25.4 Å². The predicted molar refractivity (Wildman–Crippen MR) is 183 cm³/mol. The molecule has 50 heavy (non-hydrogen) atoms. The van der Waals surface area contributed by atoms with Gasteiger partial charge in [-0.15, -0.1) is 0 Å². The summed E-state index contributed by atoms with van der Waals surface area (Å²) in [5.74, 6) is -0.833. The fourth-order valence-corrected chi connectivity index (χ4v) is 6.48. The lowest BCUT2D eigenvalue weighted by atomic mass is 10.1. The molecule has 4 aromatic rings. The van der Waals surface area contributed by atoms with Gasteiger partial charge in [0, 0.05) is 6.42 Å². The first-order valence-electron chi connectivity index (χ1n) is 15.8. The highest BCUT2D eigenvalue weighted by atomic mass is 31.2. The molecule has 268 valence electrons. The Hall–Kier alpha value is -5.05. The lowest BCUT2D eigenvalue weighted by molar-refractivity contribution is -0.149. The Labute approximate surface area is 289 Å². The number of fused-ring (bicyclic) bond motifs is 1. The maximum atomic E-state index is 14.2. The van der Waals surface area contributed by atoms with E-state index in [-0.39, 0.29) is 30.7 Å². The molecule has 0 bridgehead atoms. The number of nitrogen functional groups attached to an aromatic ring is 1. The topological polar surface area (TPSA) is 208 Å². The van der Waals surface area contributed by atoms with E-state index in [1.54, 1.807) is 55.9 Å². The van der Waals surface area contributed by atoms with Gasteiger partial charge in [0.15, 0.2) is 11.5 Å². The molecule has 0 spiro atoms. The van der Waals surface area contributed by atoms with E-state index in [9.17, 15) is 18.9 Å². The van der Waals surface area contributed by atoms with Crippen molar-refractivity contribution in [1.29, 1.82) is 0 Å². The van der Waals surface area contributed by atoms with Crippen LogP contribution in [0.15, 0.2) is 67.3 Å². The smallest absolute Gasteiger partial charge is 0.408 e. The number of anilines is 1. The molecule has 0 aliphatic heterocycles. The van der Waals surface area contributed by atoms with Gasteiger partial charge in [0.2, 0.25) is 0 Å². The average molecular weight is 712 g/mol. The highest BCUT2D eigenvalue weighted by Crippen LogP contribution is 2.44. The van der Waals surface area contributed by atoms with Gasteiger partial charge < -0.3 is 39.1 Å². The van der Waals surface area contributed by atoms with Crippen LogP contribution in [0.3, 0.4) is 0 Å². The molecule has 2 aromatic carbocycles. The monoisotopic (exact) mass is 711 g/mol. The third-order valence-corrected chi connectivity index (χ3v) is 8.89. The molecule has 1 amide bonds. The highest BCUT2D eigenvalue weighted by molar-refractivity contribution is 7.57. The van der Waals surface area contributed by atoms with Crippen molar-refractivity contribution in [2.24, 2.45) is 0 Å². The lowest BCUT2D eigenvalue weighted by Crippen LogP contribution is -2.43. The molecule has 4 rings (SSSR count). The molecule has 4 N–H and O–H groups in total. The number of benzene rings is 2. The van der Waals surface area contributed by atoms with Crippen LogP contribution in [-0.2, 0) is 52.7 Å². The van der Waals surface area contributed by atoms with Crippen molar-refractivity contribution >= 4 is 42.5 Å². The van der Waals surface area contributed by atoms with Gasteiger partial charge in [-0.05, 0) is 51.0 Å². The minimum atomic E-state index is -3.90. The molecule has 4 atom stereocenters. The largest absolute Gasteiger partial charge is 0.467 e. The van der Waals surface area contributed by atoms with Crippen molar-refractivity contribution in [1.82, 2.24) is 29.9 Å². The van der Waals surface area contributed by atoms with Gasteiger partial charge in [0.05, 0.1) is 32.2 Å². The number of aromatic nitrogens is 4. The molecule has 0 saturated heterocycles. The van der Waals surface area contributed by atoms with Crippen molar-refractivity contribution < 1.29 is 42.4 Å². The van der Waals surface area contributed by atoms with E-state index >= 15 is 0 Å². The normalized spacial score (nSPS) is 14.3. The quantitative estimate of drug-likeness (QED) is 0.0804.